The zero-order chi connectivity index (χ0) is 27.8. The van der Waals surface area contributed by atoms with Crippen LogP contribution >= 0.6 is 0 Å². The van der Waals surface area contributed by atoms with Crippen LogP contribution in [0.1, 0.15) is 18.5 Å². The van der Waals surface area contributed by atoms with E-state index in [1.165, 1.54) is 19.4 Å². The summed E-state index contributed by atoms with van der Waals surface area (Å²) in [6, 6.07) is 5.77. The summed E-state index contributed by atoms with van der Waals surface area (Å²) in [4.78, 5) is 37.2. The van der Waals surface area contributed by atoms with Gasteiger partial charge >= 0.3 is 24.3 Å². The first-order valence-electron chi connectivity index (χ1n) is 11.3. The molecule has 3 heterocycles. The number of aromatic nitrogens is 1. The number of pyridine rings is 1. The van der Waals surface area contributed by atoms with Crippen molar-refractivity contribution < 1.29 is 55.7 Å². The second-order valence-electron chi connectivity index (χ2n) is 8.87. The predicted molar refractivity (Wildman–Crippen MR) is 114 cm³/mol. The van der Waals surface area contributed by atoms with Crippen LogP contribution in [-0.2, 0) is 25.7 Å². The molecular formula is C22H27F6N3O6. The summed E-state index contributed by atoms with van der Waals surface area (Å²) in [7, 11) is 0. The van der Waals surface area contributed by atoms with Crippen molar-refractivity contribution in [3.05, 3.63) is 30.1 Å². The fourth-order valence-electron chi connectivity index (χ4n) is 3.99. The number of likely N-dealkylation sites (tertiary alicyclic amines) is 1. The lowest BCUT2D eigenvalue weighted by Crippen LogP contribution is -2.44. The van der Waals surface area contributed by atoms with E-state index in [9.17, 15) is 31.1 Å². The lowest BCUT2D eigenvalue weighted by Gasteiger charge is -2.32. The van der Waals surface area contributed by atoms with Crippen molar-refractivity contribution in [2.24, 2.45) is 23.7 Å². The molecule has 9 nitrogen and oxygen atoms in total. The van der Waals surface area contributed by atoms with Gasteiger partial charge in [0.1, 0.15) is 0 Å². The number of rotatable bonds is 5. The molecule has 208 valence electrons. The van der Waals surface area contributed by atoms with Gasteiger partial charge in [0, 0.05) is 25.8 Å². The van der Waals surface area contributed by atoms with Gasteiger partial charge in [-0.3, -0.25) is 9.78 Å². The van der Waals surface area contributed by atoms with Crippen LogP contribution in [0.5, 0.6) is 0 Å². The summed E-state index contributed by atoms with van der Waals surface area (Å²) in [6.45, 7) is 5.26. The summed E-state index contributed by atoms with van der Waals surface area (Å²) in [5.74, 6) is -3.52. The Hall–Kier alpha value is -2.94. The highest BCUT2D eigenvalue weighted by Gasteiger charge is 2.44. The number of nitrogens with zero attached hydrogens (tertiary/aromatic N) is 2. The molecule has 0 unspecified atom stereocenters. The Bertz CT molecular complexity index is 886. The van der Waals surface area contributed by atoms with Gasteiger partial charge in [-0.1, -0.05) is 6.07 Å². The monoisotopic (exact) mass is 543 g/mol. The maximum absolute atomic E-state index is 12.6. The second-order valence-corrected chi connectivity index (χ2v) is 8.87. The number of ether oxygens (including phenoxy) is 1. The molecule has 0 bridgehead atoms. The summed E-state index contributed by atoms with van der Waals surface area (Å²) < 4.78 is 69.2. The maximum atomic E-state index is 12.6. The lowest BCUT2D eigenvalue weighted by atomic mass is 9.82. The highest BCUT2D eigenvalue weighted by molar-refractivity contribution is 5.79. The van der Waals surface area contributed by atoms with E-state index in [0.29, 0.717) is 25.0 Å². The van der Waals surface area contributed by atoms with E-state index in [-0.39, 0.29) is 11.8 Å². The molecule has 3 fully saturated rings. The molecule has 1 aliphatic carbocycles. The smallest absolute Gasteiger partial charge is 0.475 e. The maximum Gasteiger partial charge on any atom is 0.490 e. The number of hydrogen-bond donors (Lipinski definition) is 3. The standard InChI is InChI=1S/C18H25N3O2.2C2HF3O2/c22-18(20-7-15-3-1-2-6-19-15)17-12-23-11-14-9-21(10-16(14)17)8-13-4-5-13;2*3-2(4,5)1(6)7/h1-3,6,13-14,16-17H,4-5,7-12H2,(H,20,22);2*(H,6,7)/t14-,16-,17-;;/m1../s1. The number of amides is 1. The molecule has 1 aromatic heterocycles. The van der Waals surface area contributed by atoms with Gasteiger partial charge < -0.3 is 25.2 Å². The normalized spacial score (nSPS) is 23.5. The molecule has 0 aromatic carbocycles. The quantitative estimate of drug-likeness (QED) is 0.484. The van der Waals surface area contributed by atoms with E-state index < -0.39 is 24.3 Å². The number of hydrogen-bond acceptors (Lipinski definition) is 6. The number of fused-ring (bicyclic) bond motifs is 1. The Morgan fingerprint density at radius 2 is 1.59 bits per heavy atom. The molecule has 0 spiro atoms. The van der Waals surface area contributed by atoms with Crippen LogP contribution in [0.25, 0.3) is 0 Å². The largest absolute Gasteiger partial charge is 0.490 e. The first-order chi connectivity index (χ1) is 17.2. The predicted octanol–water partition coefficient (Wildman–Crippen LogP) is 2.57. The number of halogens is 6. The highest BCUT2D eigenvalue weighted by Crippen LogP contribution is 2.37. The topological polar surface area (TPSA) is 129 Å². The Morgan fingerprint density at radius 3 is 2.08 bits per heavy atom. The summed E-state index contributed by atoms with van der Waals surface area (Å²) in [5, 5.41) is 17.3. The number of nitrogens with one attached hydrogen (secondary N) is 1. The molecule has 3 N–H and O–H groups in total. The van der Waals surface area contributed by atoms with E-state index in [2.05, 4.69) is 15.2 Å². The van der Waals surface area contributed by atoms with Gasteiger partial charge in [0.2, 0.25) is 5.91 Å². The Labute approximate surface area is 207 Å². The summed E-state index contributed by atoms with van der Waals surface area (Å²) in [5.41, 5.74) is 0.899. The molecule has 4 rings (SSSR count). The van der Waals surface area contributed by atoms with Crippen molar-refractivity contribution in [3.8, 4) is 0 Å². The lowest BCUT2D eigenvalue weighted by molar-refractivity contribution is -0.193. The van der Waals surface area contributed by atoms with Crippen molar-refractivity contribution in [2.75, 3.05) is 32.8 Å². The number of carboxylic acids is 2. The number of alkyl halides is 6. The average Bonchev–Trinajstić information content (AvgIpc) is 3.53. The van der Waals surface area contributed by atoms with Crippen molar-refractivity contribution >= 4 is 17.8 Å². The zero-order valence-electron chi connectivity index (χ0n) is 19.5. The van der Waals surface area contributed by atoms with Gasteiger partial charge in [0.05, 0.1) is 31.4 Å². The Morgan fingerprint density at radius 1 is 1.00 bits per heavy atom. The van der Waals surface area contributed by atoms with E-state index in [0.717, 1.165) is 31.3 Å². The van der Waals surface area contributed by atoms with Crippen LogP contribution in [0.15, 0.2) is 24.4 Å². The van der Waals surface area contributed by atoms with Crippen LogP contribution in [0.3, 0.4) is 0 Å². The molecule has 1 aromatic rings. The van der Waals surface area contributed by atoms with Crippen LogP contribution in [0.2, 0.25) is 0 Å². The molecule has 15 heteroatoms. The first-order valence-corrected chi connectivity index (χ1v) is 11.3. The van der Waals surface area contributed by atoms with Gasteiger partial charge in [-0.2, -0.15) is 26.3 Å². The number of aliphatic carboxylic acids is 2. The minimum Gasteiger partial charge on any atom is -0.475 e. The van der Waals surface area contributed by atoms with Crippen molar-refractivity contribution in [1.82, 2.24) is 15.2 Å². The number of carbonyl (C=O) groups excluding carboxylic acids is 1. The Balaban J connectivity index is 0.000000286. The molecule has 3 atom stereocenters. The van der Waals surface area contributed by atoms with E-state index in [1.54, 1.807) is 6.20 Å². The van der Waals surface area contributed by atoms with Crippen LogP contribution in [-0.4, -0.2) is 83.1 Å². The second kappa shape index (κ2) is 13.0. The fraction of sp³-hybridized carbons (Fsp3) is 0.636. The van der Waals surface area contributed by atoms with Gasteiger partial charge in [-0.15, -0.1) is 0 Å². The van der Waals surface area contributed by atoms with Crippen molar-refractivity contribution in [2.45, 2.75) is 31.7 Å². The molecule has 0 radical (unpaired) electrons. The van der Waals surface area contributed by atoms with Crippen LogP contribution in [0, 0.1) is 23.7 Å². The van der Waals surface area contributed by atoms with Crippen LogP contribution in [0.4, 0.5) is 26.3 Å². The molecule has 1 amide bonds. The Kier molecular flexibility index (Phi) is 10.7. The van der Waals surface area contributed by atoms with Gasteiger partial charge in [0.25, 0.3) is 0 Å². The number of carboxylic acid groups (broad SMARTS) is 2. The van der Waals surface area contributed by atoms with E-state index >= 15 is 0 Å². The highest BCUT2D eigenvalue weighted by atomic mass is 19.4. The van der Waals surface area contributed by atoms with E-state index in [4.69, 9.17) is 24.5 Å². The minimum absolute atomic E-state index is 0.0123. The average molecular weight is 543 g/mol. The molecule has 37 heavy (non-hydrogen) atoms. The summed E-state index contributed by atoms with van der Waals surface area (Å²) >= 11 is 0. The number of carbonyl (C=O) groups is 3. The SMILES string of the molecule is O=C(NCc1ccccn1)[C@@H]1COC[C@H]2CN(CC3CC3)C[C@H]21.O=C(O)C(F)(F)F.O=C(O)C(F)(F)F. The third-order valence-electron chi connectivity index (χ3n) is 5.92. The zero-order valence-corrected chi connectivity index (χ0v) is 19.5. The van der Waals surface area contributed by atoms with Crippen molar-refractivity contribution in [3.63, 3.8) is 0 Å². The molecule has 2 saturated heterocycles. The first kappa shape index (κ1) is 30.3. The van der Waals surface area contributed by atoms with Crippen LogP contribution < -0.4 is 5.32 Å². The van der Waals surface area contributed by atoms with Gasteiger partial charge in [-0.25, -0.2) is 9.59 Å². The van der Waals surface area contributed by atoms with Gasteiger partial charge in [0.15, 0.2) is 0 Å². The molecule has 1 saturated carbocycles. The minimum atomic E-state index is -5.08. The van der Waals surface area contributed by atoms with E-state index in [1.807, 2.05) is 18.2 Å². The third kappa shape index (κ3) is 10.5. The molecule has 3 aliphatic rings. The molecular weight excluding hydrogens is 516 g/mol. The summed E-state index contributed by atoms with van der Waals surface area (Å²) in [6.07, 6.45) is -5.64. The third-order valence-corrected chi connectivity index (χ3v) is 5.92. The molecule has 2 aliphatic heterocycles. The van der Waals surface area contributed by atoms with Gasteiger partial charge in [-0.05, 0) is 42.7 Å². The fourth-order valence-corrected chi connectivity index (χ4v) is 3.99. The van der Waals surface area contributed by atoms with Crippen molar-refractivity contribution in [1.29, 1.82) is 0 Å².